The Balaban J connectivity index is 2.12. The number of carbonyl (C=O) groups excluding carboxylic acids is 3. The van der Waals surface area contributed by atoms with Gasteiger partial charge in [-0.1, -0.05) is 50.3 Å². The van der Waals surface area contributed by atoms with Gasteiger partial charge in [0.05, 0.1) is 0 Å². The molecule has 20 heavy (non-hydrogen) atoms. The van der Waals surface area contributed by atoms with Crippen molar-refractivity contribution in [2.45, 2.75) is 26.7 Å². The number of Topliss-reactive ketones (excluding diaryl/α,β-unsaturated/α-hetero) is 2. The van der Waals surface area contributed by atoms with E-state index in [4.69, 9.17) is 0 Å². The molecule has 0 atom stereocenters. The molecule has 104 valence electrons. The lowest BCUT2D eigenvalue weighted by molar-refractivity contribution is -0.143. The minimum Gasteiger partial charge on any atom is -0.298 e. The van der Waals surface area contributed by atoms with Crippen molar-refractivity contribution >= 4 is 23.4 Å². The van der Waals surface area contributed by atoms with Crippen molar-refractivity contribution in [3.05, 3.63) is 42.0 Å². The molecule has 0 aromatic heterocycles. The molecule has 0 unspecified atom stereocenters. The van der Waals surface area contributed by atoms with E-state index >= 15 is 0 Å². The van der Waals surface area contributed by atoms with E-state index in [1.54, 1.807) is 6.08 Å². The minimum atomic E-state index is -1.09. The van der Waals surface area contributed by atoms with Gasteiger partial charge in [-0.25, -0.2) is 0 Å². The maximum Gasteiger partial charge on any atom is 0.173 e. The quantitative estimate of drug-likeness (QED) is 0.627. The lowest BCUT2D eigenvalue weighted by atomic mass is 9.70. The molecule has 0 N–H and O–H groups in total. The van der Waals surface area contributed by atoms with E-state index in [2.05, 4.69) is 0 Å². The molecule has 1 aliphatic rings. The molecule has 0 bridgehead atoms. The molecule has 0 amide bonds. The van der Waals surface area contributed by atoms with Crippen LogP contribution < -0.4 is 0 Å². The predicted octanol–water partition coefficient (Wildman–Crippen LogP) is 2.84. The van der Waals surface area contributed by atoms with Crippen LogP contribution in [-0.4, -0.2) is 17.3 Å². The highest BCUT2D eigenvalue weighted by atomic mass is 16.2. The van der Waals surface area contributed by atoms with E-state index in [1.807, 2.05) is 44.2 Å². The number of rotatable bonds is 3. The molecular weight excluding hydrogens is 252 g/mol. The summed E-state index contributed by atoms with van der Waals surface area (Å²) in [5.41, 5.74) is 0.547. The zero-order valence-electron chi connectivity index (χ0n) is 11.8. The zero-order chi connectivity index (χ0) is 14.8. The number of hydrogen-bond acceptors (Lipinski definition) is 3. The number of hydrogen-bond donors (Lipinski definition) is 0. The summed E-state index contributed by atoms with van der Waals surface area (Å²) >= 11 is 0. The van der Waals surface area contributed by atoms with Gasteiger partial charge in [0, 0.05) is 12.8 Å². The highest BCUT2D eigenvalue weighted by Crippen LogP contribution is 2.34. The second-order valence-electron chi connectivity index (χ2n) is 6.03. The number of carbonyl (C=O) groups is 3. The molecule has 1 aromatic rings. The molecule has 0 saturated heterocycles. The van der Waals surface area contributed by atoms with Crippen LogP contribution in [0.2, 0.25) is 0 Å². The first-order valence-electron chi connectivity index (χ1n) is 6.71. The molecule has 3 heteroatoms. The lowest BCUT2D eigenvalue weighted by Gasteiger charge is -2.30. The largest absolute Gasteiger partial charge is 0.298 e. The third-order valence-electron chi connectivity index (χ3n) is 3.47. The van der Waals surface area contributed by atoms with Crippen molar-refractivity contribution in [3.63, 3.8) is 0 Å². The van der Waals surface area contributed by atoms with Crippen LogP contribution >= 0.6 is 0 Å². The van der Waals surface area contributed by atoms with Gasteiger partial charge in [-0.2, -0.15) is 0 Å². The summed E-state index contributed by atoms with van der Waals surface area (Å²) in [7, 11) is 0. The molecule has 0 radical (unpaired) electrons. The average Bonchev–Trinajstić information content (AvgIpc) is 2.35. The summed E-state index contributed by atoms with van der Waals surface area (Å²) in [4.78, 5) is 36.1. The first-order chi connectivity index (χ1) is 9.39. The highest BCUT2D eigenvalue weighted by molar-refractivity contribution is 6.24. The molecule has 1 aliphatic carbocycles. The Kier molecular flexibility index (Phi) is 3.98. The first-order valence-corrected chi connectivity index (χ1v) is 6.71. The van der Waals surface area contributed by atoms with Crippen molar-refractivity contribution in [1.82, 2.24) is 0 Å². The van der Waals surface area contributed by atoms with Crippen molar-refractivity contribution in [2.24, 2.45) is 11.3 Å². The van der Waals surface area contributed by atoms with Crippen LogP contribution in [0.5, 0.6) is 0 Å². The van der Waals surface area contributed by atoms with Crippen LogP contribution in [0.1, 0.15) is 32.3 Å². The Morgan fingerprint density at radius 3 is 2.20 bits per heavy atom. The third-order valence-corrected chi connectivity index (χ3v) is 3.47. The van der Waals surface area contributed by atoms with E-state index in [-0.39, 0.29) is 29.8 Å². The third kappa shape index (κ3) is 3.29. The highest BCUT2D eigenvalue weighted by Gasteiger charge is 2.42. The van der Waals surface area contributed by atoms with Gasteiger partial charge in [-0.15, -0.1) is 0 Å². The van der Waals surface area contributed by atoms with Gasteiger partial charge in [0.2, 0.25) is 0 Å². The normalized spacial score (nSPS) is 19.5. The second kappa shape index (κ2) is 5.53. The van der Waals surface area contributed by atoms with Crippen LogP contribution in [0.15, 0.2) is 36.4 Å². The summed E-state index contributed by atoms with van der Waals surface area (Å²) < 4.78 is 0. The molecular formula is C17H18O3. The standard InChI is InChI=1S/C17H18O3/c1-17(2)10-14(19)16(15(20)11-17)13(18)9-8-12-6-4-3-5-7-12/h3-9,16H,10-11H2,1-2H3. The van der Waals surface area contributed by atoms with Crippen molar-refractivity contribution in [3.8, 4) is 0 Å². The predicted molar refractivity (Wildman–Crippen MR) is 77.0 cm³/mol. The van der Waals surface area contributed by atoms with Gasteiger partial charge < -0.3 is 0 Å². The lowest BCUT2D eigenvalue weighted by Crippen LogP contribution is -2.41. The topological polar surface area (TPSA) is 51.2 Å². The fraction of sp³-hybridized carbons (Fsp3) is 0.353. The minimum absolute atomic E-state index is 0.256. The maximum atomic E-state index is 12.1. The van der Waals surface area contributed by atoms with E-state index in [0.29, 0.717) is 0 Å². The fourth-order valence-electron chi connectivity index (χ4n) is 2.55. The molecule has 2 rings (SSSR count). The molecule has 0 aliphatic heterocycles. The molecule has 1 saturated carbocycles. The van der Waals surface area contributed by atoms with E-state index in [9.17, 15) is 14.4 Å². The first kappa shape index (κ1) is 14.4. The van der Waals surface area contributed by atoms with Gasteiger partial charge >= 0.3 is 0 Å². The van der Waals surface area contributed by atoms with Crippen LogP contribution in [0.25, 0.3) is 6.08 Å². The summed E-state index contributed by atoms with van der Waals surface area (Å²) in [5, 5.41) is 0. The van der Waals surface area contributed by atoms with Crippen LogP contribution in [0.3, 0.4) is 0 Å². The van der Waals surface area contributed by atoms with E-state index in [0.717, 1.165) is 5.56 Å². The number of benzene rings is 1. The zero-order valence-corrected chi connectivity index (χ0v) is 11.8. The Bertz CT molecular complexity index is 547. The van der Waals surface area contributed by atoms with Gasteiger partial charge in [0.1, 0.15) is 5.92 Å². The SMILES string of the molecule is CC1(C)CC(=O)C(C(=O)C=Cc2ccccc2)C(=O)C1. The van der Waals surface area contributed by atoms with Gasteiger partial charge in [-0.3, -0.25) is 14.4 Å². The summed E-state index contributed by atoms with van der Waals surface area (Å²) in [5.74, 6) is -2.01. The summed E-state index contributed by atoms with van der Waals surface area (Å²) in [6.45, 7) is 3.76. The summed E-state index contributed by atoms with van der Waals surface area (Å²) in [6, 6.07) is 9.33. The van der Waals surface area contributed by atoms with Gasteiger partial charge in [0.15, 0.2) is 17.3 Å². The molecule has 1 aromatic carbocycles. The van der Waals surface area contributed by atoms with Crippen molar-refractivity contribution in [1.29, 1.82) is 0 Å². The Morgan fingerprint density at radius 1 is 1.10 bits per heavy atom. The Hall–Kier alpha value is -2.03. The van der Waals surface area contributed by atoms with Gasteiger partial charge in [-0.05, 0) is 17.1 Å². The fourth-order valence-corrected chi connectivity index (χ4v) is 2.55. The molecule has 0 heterocycles. The molecule has 3 nitrogen and oxygen atoms in total. The monoisotopic (exact) mass is 270 g/mol. The van der Waals surface area contributed by atoms with Crippen LogP contribution in [-0.2, 0) is 14.4 Å². The average molecular weight is 270 g/mol. The van der Waals surface area contributed by atoms with E-state index < -0.39 is 11.7 Å². The maximum absolute atomic E-state index is 12.1. The van der Waals surface area contributed by atoms with Crippen LogP contribution in [0, 0.1) is 11.3 Å². The Labute approximate surface area is 118 Å². The van der Waals surface area contributed by atoms with Crippen LogP contribution in [0.4, 0.5) is 0 Å². The Morgan fingerprint density at radius 2 is 1.65 bits per heavy atom. The summed E-state index contributed by atoms with van der Waals surface area (Å²) in [6.07, 6.45) is 3.55. The number of ketones is 3. The van der Waals surface area contributed by atoms with E-state index in [1.165, 1.54) is 6.08 Å². The number of allylic oxidation sites excluding steroid dienone is 1. The van der Waals surface area contributed by atoms with Crippen molar-refractivity contribution < 1.29 is 14.4 Å². The van der Waals surface area contributed by atoms with Crippen molar-refractivity contribution in [2.75, 3.05) is 0 Å². The molecule has 0 spiro atoms. The molecule has 1 fully saturated rings. The smallest absolute Gasteiger partial charge is 0.173 e. The van der Waals surface area contributed by atoms with Gasteiger partial charge in [0.25, 0.3) is 0 Å². The second-order valence-corrected chi connectivity index (χ2v) is 6.03.